The van der Waals surface area contributed by atoms with E-state index in [2.05, 4.69) is 27.6 Å². The van der Waals surface area contributed by atoms with E-state index in [9.17, 15) is 13.2 Å². The van der Waals surface area contributed by atoms with Crippen LogP contribution in [0.25, 0.3) is 0 Å². The lowest BCUT2D eigenvalue weighted by Crippen LogP contribution is -2.43. The molecule has 1 saturated heterocycles. The van der Waals surface area contributed by atoms with E-state index in [1.807, 2.05) is 4.90 Å². The predicted molar refractivity (Wildman–Crippen MR) is 110 cm³/mol. The molecule has 1 aliphatic heterocycles. The summed E-state index contributed by atoms with van der Waals surface area (Å²) in [5.74, 6) is -0.0359. The third kappa shape index (κ3) is 4.71. The SMILES string of the molecule is CCC1CCCCN1C(=O)c1cccc(NS(=O)(=O)c2ccc(Br)cc2)c1. The molecule has 27 heavy (non-hydrogen) atoms. The molecule has 144 valence electrons. The summed E-state index contributed by atoms with van der Waals surface area (Å²) in [5.41, 5.74) is 0.889. The summed E-state index contributed by atoms with van der Waals surface area (Å²) in [7, 11) is -3.71. The topological polar surface area (TPSA) is 66.5 Å². The molecule has 1 fully saturated rings. The molecule has 0 saturated carbocycles. The van der Waals surface area contributed by atoms with Crippen molar-refractivity contribution in [2.24, 2.45) is 0 Å². The zero-order valence-electron chi connectivity index (χ0n) is 15.2. The standard InChI is InChI=1S/C20H23BrN2O3S/c1-2-18-8-3-4-13-23(18)20(24)15-6-5-7-17(14-15)22-27(25,26)19-11-9-16(21)10-12-19/h5-7,9-12,14,18,22H,2-4,8,13H2,1H3. The first-order chi connectivity index (χ1) is 12.9. The maximum Gasteiger partial charge on any atom is 0.261 e. The highest BCUT2D eigenvalue weighted by Gasteiger charge is 2.26. The molecule has 1 heterocycles. The van der Waals surface area contributed by atoms with Crippen molar-refractivity contribution in [3.05, 3.63) is 58.6 Å². The molecule has 0 aromatic heterocycles. The van der Waals surface area contributed by atoms with Crippen LogP contribution < -0.4 is 4.72 Å². The summed E-state index contributed by atoms with van der Waals surface area (Å²) >= 11 is 3.30. The molecule has 2 aromatic carbocycles. The second-order valence-corrected chi connectivity index (χ2v) is 9.29. The van der Waals surface area contributed by atoms with Gasteiger partial charge in [0.05, 0.1) is 4.90 Å². The van der Waals surface area contributed by atoms with E-state index in [-0.39, 0.29) is 16.8 Å². The Bertz CT molecular complexity index is 913. The Labute approximate surface area is 169 Å². The minimum atomic E-state index is -3.71. The molecule has 5 nitrogen and oxygen atoms in total. The number of sulfonamides is 1. The third-order valence-electron chi connectivity index (χ3n) is 4.84. The second-order valence-electron chi connectivity index (χ2n) is 6.70. The number of carbonyl (C=O) groups excluding carboxylic acids is 1. The number of rotatable bonds is 5. The number of hydrogen-bond donors (Lipinski definition) is 1. The largest absolute Gasteiger partial charge is 0.336 e. The van der Waals surface area contributed by atoms with E-state index in [1.165, 1.54) is 12.1 Å². The molecule has 1 atom stereocenters. The van der Waals surface area contributed by atoms with Crippen molar-refractivity contribution in [2.75, 3.05) is 11.3 Å². The highest BCUT2D eigenvalue weighted by atomic mass is 79.9. The molecular formula is C20H23BrN2O3S. The fourth-order valence-electron chi connectivity index (χ4n) is 3.40. The minimum absolute atomic E-state index is 0.0359. The Morgan fingerprint density at radius 2 is 1.93 bits per heavy atom. The summed E-state index contributed by atoms with van der Waals surface area (Å²) < 4.78 is 28.5. The van der Waals surface area contributed by atoms with Crippen LogP contribution in [0.2, 0.25) is 0 Å². The van der Waals surface area contributed by atoms with Gasteiger partial charge in [-0.2, -0.15) is 0 Å². The fraction of sp³-hybridized carbons (Fsp3) is 0.350. The number of benzene rings is 2. The summed E-state index contributed by atoms with van der Waals surface area (Å²) in [5, 5.41) is 0. The van der Waals surface area contributed by atoms with Crippen molar-refractivity contribution in [1.29, 1.82) is 0 Å². The summed E-state index contributed by atoms with van der Waals surface area (Å²) in [6.07, 6.45) is 4.12. The van der Waals surface area contributed by atoms with Gasteiger partial charge >= 0.3 is 0 Å². The Balaban J connectivity index is 1.81. The first kappa shape index (κ1) is 19.9. The van der Waals surface area contributed by atoms with Crippen LogP contribution >= 0.6 is 15.9 Å². The lowest BCUT2D eigenvalue weighted by atomic mass is 9.99. The zero-order valence-corrected chi connectivity index (χ0v) is 17.6. The van der Waals surface area contributed by atoms with Crippen LogP contribution in [0.5, 0.6) is 0 Å². The molecule has 1 unspecified atom stereocenters. The van der Waals surface area contributed by atoms with Gasteiger partial charge < -0.3 is 4.90 Å². The molecule has 0 bridgehead atoms. The van der Waals surface area contributed by atoms with Crippen LogP contribution in [0.15, 0.2) is 57.9 Å². The number of amides is 1. The van der Waals surface area contributed by atoms with Gasteiger partial charge in [0.15, 0.2) is 0 Å². The molecule has 1 amide bonds. The maximum absolute atomic E-state index is 12.9. The van der Waals surface area contributed by atoms with Crippen molar-refractivity contribution in [3.63, 3.8) is 0 Å². The van der Waals surface area contributed by atoms with Gasteiger partial charge in [0.25, 0.3) is 15.9 Å². The van der Waals surface area contributed by atoms with Gasteiger partial charge in [0.1, 0.15) is 0 Å². The fourth-order valence-corrected chi connectivity index (χ4v) is 4.72. The molecule has 1 aliphatic rings. The minimum Gasteiger partial charge on any atom is -0.336 e. The van der Waals surface area contributed by atoms with E-state index in [1.54, 1.807) is 36.4 Å². The lowest BCUT2D eigenvalue weighted by molar-refractivity contribution is 0.0608. The molecule has 0 spiro atoms. The molecular weight excluding hydrogens is 428 g/mol. The van der Waals surface area contributed by atoms with Crippen LogP contribution in [0.4, 0.5) is 5.69 Å². The highest BCUT2D eigenvalue weighted by Crippen LogP contribution is 2.24. The average molecular weight is 451 g/mol. The van der Waals surface area contributed by atoms with Gasteiger partial charge in [0.2, 0.25) is 0 Å². The van der Waals surface area contributed by atoms with Crippen molar-refractivity contribution in [2.45, 2.75) is 43.5 Å². The van der Waals surface area contributed by atoms with Crippen LogP contribution in [0.3, 0.4) is 0 Å². The first-order valence-corrected chi connectivity index (χ1v) is 11.4. The summed E-state index contributed by atoms with van der Waals surface area (Å²) in [6.45, 7) is 2.85. The Morgan fingerprint density at radius 1 is 1.19 bits per heavy atom. The van der Waals surface area contributed by atoms with E-state index in [0.29, 0.717) is 11.3 Å². The Morgan fingerprint density at radius 3 is 2.63 bits per heavy atom. The van der Waals surface area contributed by atoms with Gasteiger partial charge in [-0.05, 0) is 68.1 Å². The Kier molecular flexibility index (Phi) is 6.22. The number of hydrogen-bond acceptors (Lipinski definition) is 3. The van der Waals surface area contributed by atoms with Crippen molar-refractivity contribution in [3.8, 4) is 0 Å². The van der Waals surface area contributed by atoms with Crippen LogP contribution in [0.1, 0.15) is 43.0 Å². The van der Waals surface area contributed by atoms with Crippen LogP contribution in [0, 0.1) is 0 Å². The molecule has 7 heteroatoms. The van der Waals surface area contributed by atoms with Crippen molar-refractivity contribution < 1.29 is 13.2 Å². The molecule has 0 aliphatic carbocycles. The normalized spacial score (nSPS) is 17.6. The maximum atomic E-state index is 12.9. The van der Waals surface area contributed by atoms with Gasteiger partial charge in [-0.15, -0.1) is 0 Å². The molecule has 3 rings (SSSR count). The number of halogens is 1. The van der Waals surface area contributed by atoms with Crippen LogP contribution in [-0.4, -0.2) is 31.8 Å². The Hall–Kier alpha value is -1.86. The highest BCUT2D eigenvalue weighted by molar-refractivity contribution is 9.10. The number of anilines is 1. The number of carbonyl (C=O) groups is 1. The molecule has 1 N–H and O–H groups in total. The summed E-state index contributed by atoms with van der Waals surface area (Å²) in [4.78, 5) is 15.0. The van der Waals surface area contributed by atoms with Gasteiger partial charge in [-0.25, -0.2) is 8.42 Å². The molecule has 0 radical (unpaired) electrons. The quantitative estimate of drug-likeness (QED) is 0.720. The number of piperidine rings is 1. The molecule has 2 aromatic rings. The lowest BCUT2D eigenvalue weighted by Gasteiger charge is -2.35. The smallest absolute Gasteiger partial charge is 0.261 e. The van der Waals surface area contributed by atoms with Crippen molar-refractivity contribution >= 4 is 37.5 Å². The van der Waals surface area contributed by atoms with E-state index in [4.69, 9.17) is 0 Å². The number of nitrogens with zero attached hydrogens (tertiary/aromatic N) is 1. The second kappa shape index (κ2) is 8.44. The van der Waals surface area contributed by atoms with Gasteiger partial charge in [-0.1, -0.05) is 28.9 Å². The predicted octanol–water partition coefficient (Wildman–Crippen LogP) is 4.65. The van der Waals surface area contributed by atoms with Gasteiger partial charge in [-0.3, -0.25) is 9.52 Å². The average Bonchev–Trinajstić information content (AvgIpc) is 2.67. The third-order valence-corrected chi connectivity index (χ3v) is 6.77. The zero-order chi connectivity index (χ0) is 19.4. The summed E-state index contributed by atoms with van der Waals surface area (Å²) in [6, 6.07) is 13.4. The van der Waals surface area contributed by atoms with E-state index < -0.39 is 10.0 Å². The van der Waals surface area contributed by atoms with Gasteiger partial charge in [0, 0.05) is 28.3 Å². The van der Waals surface area contributed by atoms with E-state index in [0.717, 1.165) is 36.7 Å². The number of likely N-dealkylation sites (tertiary alicyclic amines) is 1. The monoisotopic (exact) mass is 450 g/mol. The van der Waals surface area contributed by atoms with E-state index >= 15 is 0 Å². The first-order valence-electron chi connectivity index (χ1n) is 9.10. The van der Waals surface area contributed by atoms with Crippen LogP contribution in [-0.2, 0) is 10.0 Å². The number of nitrogens with one attached hydrogen (secondary N) is 1. The van der Waals surface area contributed by atoms with Crippen molar-refractivity contribution in [1.82, 2.24) is 4.90 Å².